The topological polar surface area (TPSA) is 89.7 Å². The number of carbonyl (C=O) groups excluding carboxylic acids is 1. The highest BCUT2D eigenvalue weighted by molar-refractivity contribution is 5.95. The molecule has 0 fully saturated rings. The predicted molar refractivity (Wildman–Crippen MR) is 135 cm³/mol. The van der Waals surface area contributed by atoms with Gasteiger partial charge in [-0.15, -0.1) is 5.10 Å². The number of rotatable bonds is 4. The Labute approximate surface area is 205 Å². The number of amides is 1. The molecule has 35 heavy (non-hydrogen) atoms. The van der Waals surface area contributed by atoms with Crippen molar-refractivity contribution in [3.63, 3.8) is 0 Å². The molecule has 8 heteroatoms. The molecule has 0 N–H and O–H groups in total. The summed E-state index contributed by atoms with van der Waals surface area (Å²) in [7, 11) is 0. The lowest BCUT2D eigenvalue weighted by Crippen LogP contribution is -2.36. The van der Waals surface area contributed by atoms with Crippen LogP contribution in [0.25, 0.3) is 22.5 Å². The van der Waals surface area contributed by atoms with E-state index in [-0.39, 0.29) is 11.4 Å². The third-order valence-corrected chi connectivity index (χ3v) is 6.33. The molecule has 8 nitrogen and oxygen atoms in total. The molecular weight excluding hydrogens is 438 g/mol. The summed E-state index contributed by atoms with van der Waals surface area (Å²) in [6.45, 7) is 10.6. The van der Waals surface area contributed by atoms with Gasteiger partial charge in [-0.05, 0) is 68.2 Å². The molecule has 0 unspecified atom stereocenters. The second-order valence-corrected chi connectivity index (χ2v) is 9.97. The van der Waals surface area contributed by atoms with E-state index in [1.165, 1.54) is 0 Å². The first-order valence-electron chi connectivity index (χ1n) is 11.8. The zero-order chi connectivity index (χ0) is 24.7. The molecule has 178 valence electrons. The molecular formula is C27H29N7O. The van der Waals surface area contributed by atoms with E-state index >= 15 is 0 Å². The summed E-state index contributed by atoms with van der Waals surface area (Å²) in [6.07, 6.45) is 1.18. The summed E-state index contributed by atoms with van der Waals surface area (Å²) >= 11 is 0. The van der Waals surface area contributed by atoms with Gasteiger partial charge in [-0.1, -0.05) is 48.5 Å². The van der Waals surface area contributed by atoms with Crippen LogP contribution in [-0.2, 0) is 23.3 Å². The summed E-state index contributed by atoms with van der Waals surface area (Å²) in [4.78, 5) is 23.7. The fourth-order valence-electron chi connectivity index (χ4n) is 4.59. The molecule has 2 aromatic heterocycles. The molecule has 0 saturated carbocycles. The highest BCUT2D eigenvalue weighted by Gasteiger charge is 2.28. The lowest BCUT2D eigenvalue weighted by Gasteiger charge is -2.29. The summed E-state index contributed by atoms with van der Waals surface area (Å²) in [5, 5.41) is 12.5. The molecule has 0 atom stereocenters. The summed E-state index contributed by atoms with van der Waals surface area (Å²) in [5.74, 6) is 2.26. The third kappa shape index (κ3) is 4.32. The highest BCUT2D eigenvalue weighted by Crippen LogP contribution is 2.33. The molecule has 1 aliphatic rings. The van der Waals surface area contributed by atoms with Crippen LogP contribution in [0.15, 0.2) is 48.5 Å². The number of hydrogen-bond donors (Lipinski definition) is 0. The van der Waals surface area contributed by atoms with Gasteiger partial charge in [0, 0.05) is 23.2 Å². The largest absolute Gasteiger partial charge is 0.292 e. The fraction of sp³-hybridized carbons (Fsp3) is 0.333. The zero-order valence-corrected chi connectivity index (χ0v) is 20.8. The molecule has 5 rings (SSSR count). The van der Waals surface area contributed by atoms with Gasteiger partial charge in [-0.3, -0.25) is 9.69 Å². The van der Waals surface area contributed by atoms with Gasteiger partial charge in [-0.2, -0.15) is 0 Å². The van der Waals surface area contributed by atoms with Crippen LogP contribution in [0.3, 0.4) is 0 Å². The Morgan fingerprint density at radius 1 is 0.914 bits per heavy atom. The SMILES string of the molecule is Cc1nc(C)c2c(n1)N(Cc1ccc(-c3ccccc3-c3nnnn3C(C)(C)C)cc1)C(=O)CC2. The first-order chi connectivity index (χ1) is 16.7. The van der Waals surface area contributed by atoms with Crippen molar-refractivity contribution in [1.82, 2.24) is 30.2 Å². The minimum atomic E-state index is -0.243. The average molecular weight is 468 g/mol. The maximum Gasteiger partial charge on any atom is 0.228 e. The monoisotopic (exact) mass is 467 g/mol. The van der Waals surface area contributed by atoms with Crippen molar-refractivity contribution in [2.24, 2.45) is 0 Å². The quantitative estimate of drug-likeness (QED) is 0.434. The smallest absolute Gasteiger partial charge is 0.228 e. The van der Waals surface area contributed by atoms with Gasteiger partial charge in [-0.25, -0.2) is 14.6 Å². The minimum absolute atomic E-state index is 0.0958. The van der Waals surface area contributed by atoms with Gasteiger partial charge >= 0.3 is 0 Å². The first-order valence-corrected chi connectivity index (χ1v) is 11.8. The van der Waals surface area contributed by atoms with Gasteiger partial charge in [0.15, 0.2) is 5.82 Å². The van der Waals surface area contributed by atoms with Crippen LogP contribution in [0.1, 0.15) is 49.8 Å². The van der Waals surface area contributed by atoms with Gasteiger partial charge in [0.25, 0.3) is 0 Å². The van der Waals surface area contributed by atoms with E-state index in [1.807, 2.05) is 36.7 Å². The molecule has 1 aliphatic heterocycles. The Morgan fingerprint density at radius 2 is 1.63 bits per heavy atom. The van der Waals surface area contributed by atoms with Crippen molar-refractivity contribution >= 4 is 11.7 Å². The first kappa shape index (κ1) is 22.8. The Kier molecular flexibility index (Phi) is 5.67. The number of nitrogens with zero attached hydrogens (tertiary/aromatic N) is 7. The average Bonchev–Trinajstić information content (AvgIpc) is 3.32. The lowest BCUT2D eigenvalue weighted by atomic mass is 9.97. The van der Waals surface area contributed by atoms with Gasteiger partial charge in [0.05, 0.1) is 12.1 Å². The molecule has 0 aliphatic carbocycles. The van der Waals surface area contributed by atoms with Crippen LogP contribution in [0.2, 0.25) is 0 Å². The number of hydrogen-bond acceptors (Lipinski definition) is 6. The van der Waals surface area contributed by atoms with Gasteiger partial charge < -0.3 is 0 Å². The second kappa shape index (κ2) is 8.69. The molecule has 0 bridgehead atoms. The maximum atomic E-state index is 12.8. The fourth-order valence-corrected chi connectivity index (χ4v) is 4.59. The number of anilines is 1. The molecule has 4 aromatic rings. The van der Waals surface area contributed by atoms with Crippen LogP contribution >= 0.6 is 0 Å². The van der Waals surface area contributed by atoms with E-state index in [9.17, 15) is 4.79 Å². The Hall–Kier alpha value is -3.94. The van der Waals surface area contributed by atoms with Crippen molar-refractivity contribution in [3.05, 3.63) is 71.2 Å². The van der Waals surface area contributed by atoms with Crippen LogP contribution in [0.4, 0.5) is 5.82 Å². The van der Waals surface area contributed by atoms with Gasteiger partial charge in [0.2, 0.25) is 5.91 Å². The molecule has 2 aromatic carbocycles. The highest BCUT2D eigenvalue weighted by atomic mass is 16.2. The number of tetrazole rings is 1. The Bertz CT molecular complexity index is 1400. The number of fused-ring (bicyclic) bond motifs is 1. The van der Waals surface area contributed by atoms with Crippen LogP contribution in [-0.4, -0.2) is 36.1 Å². The summed E-state index contributed by atoms with van der Waals surface area (Å²) < 4.78 is 1.85. The number of carbonyl (C=O) groups is 1. The van der Waals surface area contributed by atoms with E-state index in [4.69, 9.17) is 0 Å². The third-order valence-electron chi connectivity index (χ3n) is 6.33. The second-order valence-electron chi connectivity index (χ2n) is 9.97. The number of aromatic nitrogens is 6. The van der Waals surface area contributed by atoms with E-state index in [2.05, 4.69) is 76.6 Å². The van der Waals surface area contributed by atoms with Crippen molar-refractivity contribution in [2.75, 3.05) is 4.90 Å². The van der Waals surface area contributed by atoms with E-state index in [0.29, 0.717) is 25.2 Å². The van der Waals surface area contributed by atoms with Gasteiger partial charge in [0.1, 0.15) is 11.6 Å². The zero-order valence-electron chi connectivity index (χ0n) is 20.8. The van der Waals surface area contributed by atoms with Crippen LogP contribution in [0.5, 0.6) is 0 Å². The Balaban J connectivity index is 1.46. The van der Waals surface area contributed by atoms with Crippen LogP contribution in [0, 0.1) is 13.8 Å². The molecule has 0 radical (unpaired) electrons. The predicted octanol–water partition coefficient (Wildman–Crippen LogP) is 4.65. The lowest BCUT2D eigenvalue weighted by molar-refractivity contribution is -0.119. The van der Waals surface area contributed by atoms with Crippen LogP contribution < -0.4 is 4.90 Å². The Morgan fingerprint density at radius 3 is 2.34 bits per heavy atom. The number of aryl methyl sites for hydroxylation is 2. The molecule has 0 saturated heterocycles. The molecule has 0 spiro atoms. The molecule has 3 heterocycles. The van der Waals surface area contributed by atoms with Crippen molar-refractivity contribution in [2.45, 2.75) is 59.5 Å². The van der Waals surface area contributed by atoms with E-state index in [0.717, 1.165) is 45.2 Å². The maximum absolute atomic E-state index is 12.8. The summed E-state index contributed by atoms with van der Waals surface area (Å²) in [5.41, 5.74) is 5.91. The van der Waals surface area contributed by atoms with Crippen molar-refractivity contribution in [1.29, 1.82) is 0 Å². The van der Waals surface area contributed by atoms with E-state index in [1.54, 1.807) is 4.90 Å². The summed E-state index contributed by atoms with van der Waals surface area (Å²) in [6, 6.07) is 16.5. The number of benzene rings is 2. The minimum Gasteiger partial charge on any atom is -0.292 e. The normalized spacial score (nSPS) is 13.7. The van der Waals surface area contributed by atoms with E-state index < -0.39 is 0 Å². The standard InChI is InChI=1S/C27H29N7O/c1-17-21-14-15-24(35)33(25(21)29-18(2)28-17)16-19-10-12-20(13-11-19)22-8-6-7-9-23(22)26-30-31-32-34(26)27(3,4)5/h6-13H,14-16H2,1-5H3. The van der Waals surface area contributed by atoms with Crippen molar-refractivity contribution < 1.29 is 4.79 Å². The van der Waals surface area contributed by atoms with Crippen molar-refractivity contribution in [3.8, 4) is 22.5 Å². The molecule has 1 amide bonds.